The molecule has 1 aliphatic rings. The van der Waals surface area contributed by atoms with Crippen molar-refractivity contribution in [3.63, 3.8) is 0 Å². The number of rotatable bonds is 7. The summed E-state index contributed by atoms with van der Waals surface area (Å²) in [6.45, 7) is 6.79. The van der Waals surface area contributed by atoms with Gasteiger partial charge < -0.3 is 14.0 Å². The highest BCUT2D eigenvalue weighted by molar-refractivity contribution is 6.32. The molecule has 0 amide bonds. The predicted octanol–water partition coefficient (Wildman–Crippen LogP) is 4.75. The van der Waals surface area contributed by atoms with Crippen molar-refractivity contribution in [1.82, 2.24) is 15.1 Å². The summed E-state index contributed by atoms with van der Waals surface area (Å²) in [6, 6.07) is 5.76. The van der Waals surface area contributed by atoms with Gasteiger partial charge in [-0.05, 0) is 56.4 Å². The molecule has 2 aromatic heterocycles. The average molecular weight is 428 g/mol. The number of aromatic nitrogens is 3. The van der Waals surface area contributed by atoms with Crippen molar-refractivity contribution in [2.24, 2.45) is 0 Å². The van der Waals surface area contributed by atoms with E-state index in [1.165, 1.54) is 11.1 Å². The number of fused-ring (bicyclic) bond motifs is 1. The van der Waals surface area contributed by atoms with E-state index in [1.807, 2.05) is 19.9 Å². The van der Waals surface area contributed by atoms with Gasteiger partial charge in [0, 0.05) is 17.7 Å². The Balaban J connectivity index is 1.61. The molecule has 0 saturated heterocycles. The molecule has 8 heteroatoms. The first-order valence-electron chi connectivity index (χ1n) is 9.82. The van der Waals surface area contributed by atoms with E-state index in [0.29, 0.717) is 41.3 Å². The Kier molecular flexibility index (Phi) is 5.72. The van der Waals surface area contributed by atoms with E-state index in [9.17, 15) is 4.79 Å². The molecular weight excluding hydrogens is 406 g/mol. The van der Waals surface area contributed by atoms with Crippen molar-refractivity contribution in [1.29, 1.82) is 0 Å². The fraction of sp³-hybridized carbons (Fsp3) is 0.364. The third-order valence-corrected chi connectivity index (χ3v) is 5.52. The van der Waals surface area contributed by atoms with E-state index in [0.717, 1.165) is 24.0 Å². The van der Waals surface area contributed by atoms with Crippen LogP contribution < -0.4 is 4.74 Å². The third kappa shape index (κ3) is 3.89. The molecule has 1 atom stereocenters. The summed E-state index contributed by atoms with van der Waals surface area (Å²) in [5, 5.41) is 4.55. The molecule has 1 aliphatic carbocycles. The van der Waals surface area contributed by atoms with Crippen LogP contribution in [0.15, 0.2) is 28.9 Å². The Morgan fingerprint density at radius 3 is 2.93 bits per heavy atom. The lowest BCUT2D eigenvalue weighted by Gasteiger charge is -2.12. The van der Waals surface area contributed by atoms with Gasteiger partial charge in [0.05, 0.1) is 18.3 Å². The maximum Gasteiger partial charge on any atom is 0.293 e. The molecule has 1 aromatic carbocycles. The zero-order valence-electron chi connectivity index (χ0n) is 17.0. The van der Waals surface area contributed by atoms with Gasteiger partial charge in [0.2, 0.25) is 11.7 Å². The number of carbonyl (C=O) groups excluding carboxylic acids is 1. The van der Waals surface area contributed by atoms with Crippen LogP contribution in [0.1, 0.15) is 42.9 Å². The summed E-state index contributed by atoms with van der Waals surface area (Å²) in [5.74, 6) is 1.46. The molecule has 0 unspecified atom stereocenters. The van der Waals surface area contributed by atoms with Crippen LogP contribution in [0.2, 0.25) is 5.02 Å². The first-order chi connectivity index (χ1) is 14.5. The molecule has 0 saturated carbocycles. The predicted molar refractivity (Wildman–Crippen MR) is 112 cm³/mol. The van der Waals surface area contributed by atoms with Crippen LogP contribution in [0.25, 0.3) is 22.8 Å². The standard InChI is InChI=1S/C22H22ClN3O4/c1-12(2)29-22-19(23)8-15(9-24-22)21-25-20(26-30-21)17-6-7-18-14(10-28-11-27)4-5-16(18)13(17)3/h6-9,11-12,14H,4-5,10H2,1-3H3/t14-/m0/s1. The first-order valence-corrected chi connectivity index (χ1v) is 10.2. The molecule has 30 heavy (non-hydrogen) atoms. The molecule has 0 aliphatic heterocycles. The normalized spacial score (nSPS) is 15.3. The zero-order valence-corrected chi connectivity index (χ0v) is 17.8. The number of hydrogen-bond acceptors (Lipinski definition) is 7. The second kappa shape index (κ2) is 8.44. The van der Waals surface area contributed by atoms with Crippen molar-refractivity contribution in [2.75, 3.05) is 6.61 Å². The van der Waals surface area contributed by atoms with Gasteiger partial charge in [0.1, 0.15) is 5.02 Å². The molecule has 0 N–H and O–H groups in total. The lowest BCUT2D eigenvalue weighted by Crippen LogP contribution is -2.07. The van der Waals surface area contributed by atoms with E-state index >= 15 is 0 Å². The van der Waals surface area contributed by atoms with Gasteiger partial charge in [0.25, 0.3) is 12.4 Å². The highest BCUT2D eigenvalue weighted by Crippen LogP contribution is 2.39. The molecule has 156 valence electrons. The van der Waals surface area contributed by atoms with Gasteiger partial charge in [-0.1, -0.05) is 28.9 Å². The minimum Gasteiger partial charge on any atom is -0.474 e. The van der Waals surface area contributed by atoms with E-state index in [4.69, 9.17) is 25.6 Å². The SMILES string of the molecule is Cc1c(-c2noc(-c3cnc(OC(C)C)c(Cl)c3)n2)ccc2c1CC[C@H]2COC=O. The van der Waals surface area contributed by atoms with Crippen LogP contribution in [0.4, 0.5) is 0 Å². The van der Waals surface area contributed by atoms with E-state index in [1.54, 1.807) is 12.3 Å². The molecular formula is C22H22ClN3O4. The number of benzene rings is 1. The third-order valence-electron chi connectivity index (χ3n) is 5.25. The van der Waals surface area contributed by atoms with Crippen LogP contribution in [-0.4, -0.2) is 34.3 Å². The fourth-order valence-corrected chi connectivity index (χ4v) is 4.05. The topological polar surface area (TPSA) is 87.3 Å². The number of nitrogens with zero attached hydrogens (tertiary/aromatic N) is 3. The zero-order chi connectivity index (χ0) is 21.3. The van der Waals surface area contributed by atoms with Gasteiger partial charge in [-0.15, -0.1) is 0 Å². The Morgan fingerprint density at radius 1 is 1.37 bits per heavy atom. The summed E-state index contributed by atoms with van der Waals surface area (Å²) >= 11 is 6.28. The van der Waals surface area contributed by atoms with Gasteiger partial charge in [0.15, 0.2) is 0 Å². The highest BCUT2D eigenvalue weighted by atomic mass is 35.5. The van der Waals surface area contributed by atoms with Gasteiger partial charge >= 0.3 is 0 Å². The Bertz CT molecular complexity index is 1080. The quantitative estimate of drug-likeness (QED) is 0.502. The summed E-state index contributed by atoms with van der Waals surface area (Å²) in [4.78, 5) is 19.3. The molecule has 7 nitrogen and oxygen atoms in total. The van der Waals surface area contributed by atoms with Crippen LogP contribution >= 0.6 is 11.6 Å². The first kappa shape index (κ1) is 20.3. The smallest absolute Gasteiger partial charge is 0.293 e. The Morgan fingerprint density at radius 2 is 2.20 bits per heavy atom. The largest absolute Gasteiger partial charge is 0.474 e. The summed E-state index contributed by atoms with van der Waals surface area (Å²) in [6.07, 6.45) is 3.47. The van der Waals surface area contributed by atoms with Crippen molar-refractivity contribution in [3.05, 3.63) is 46.1 Å². The average Bonchev–Trinajstić information content (AvgIpc) is 3.36. The highest BCUT2D eigenvalue weighted by Gasteiger charge is 2.26. The number of halogens is 1. The summed E-state index contributed by atoms with van der Waals surface area (Å²) in [7, 11) is 0. The molecule has 4 rings (SSSR count). The molecule has 0 fully saturated rings. The van der Waals surface area contributed by atoms with Gasteiger partial charge in [-0.3, -0.25) is 4.79 Å². The minimum atomic E-state index is -0.0248. The molecule has 3 aromatic rings. The van der Waals surface area contributed by atoms with Crippen LogP contribution in [0.3, 0.4) is 0 Å². The van der Waals surface area contributed by atoms with Crippen molar-refractivity contribution in [3.8, 4) is 28.7 Å². The number of ether oxygens (including phenoxy) is 2. The van der Waals surface area contributed by atoms with Crippen molar-refractivity contribution < 1.29 is 18.8 Å². The second-order valence-electron chi connectivity index (χ2n) is 7.57. The van der Waals surface area contributed by atoms with E-state index < -0.39 is 0 Å². The van der Waals surface area contributed by atoms with Gasteiger partial charge in [-0.2, -0.15) is 4.98 Å². The van der Waals surface area contributed by atoms with Gasteiger partial charge in [-0.25, -0.2) is 4.98 Å². The monoisotopic (exact) mass is 427 g/mol. The van der Waals surface area contributed by atoms with Crippen molar-refractivity contribution in [2.45, 2.75) is 45.6 Å². The summed E-state index contributed by atoms with van der Waals surface area (Å²) in [5.41, 5.74) is 5.14. The molecule has 0 bridgehead atoms. The second-order valence-corrected chi connectivity index (χ2v) is 7.98. The maximum atomic E-state index is 10.5. The Hall–Kier alpha value is -2.93. The fourth-order valence-electron chi connectivity index (χ4n) is 3.84. The Labute approximate surface area is 179 Å². The van der Waals surface area contributed by atoms with Crippen molar-refractivity contribution >= 4 is 18.1 Å². The molecule has 0 radical (unpaired) electrons. The maximum absolute atomic E-state index is 10.5. The van der Waals surface area contributed by atoms with Crippen LogP contribution in [0, 0.1) is 6.92 Å². The lowest BCUT2D eigenvalue weighted by molar-refractivity contribution is -0.129. The van der Waals surface area contributed by atoms with E-state index in [-0.39, 0.29) is 12.0 Å². The van der Waals surface area contributed by atoms with Crippen LogP contribution in [0.5, 0.6) is 5.88 Å². The minimum absolute atomic E-state index is 0.0248. The number of carbonyl (C=O) groups is 1. The number of pyridine rings is 1. The molecule has 2 heterocycles. The van der Waals surface area contributed by atoms with Crippen LogP contribution in [-0.2, 0) is 16.0 Å². The summed E-state index contributed by atoms with van der Waals surface area (Å²) < 4.78 is 16.0. The van der Waals surface area contributed by atoms with E-state index in [2.05, 4.69) is 28.1 Å². The molecule has 0 spiro atoms. The number of hydrogen-bond donors (Lipinski definition) is 0. The lowest BCUT2D eigenvalue weighted by atomic mass is 9.95.